The zero-order valence-corrected chi connectivity index (χ0v) is 8.71. The second kappa shape index (κ2) is 2.98. The number of hydrogen-bond acceptors (Lipinski definition) is 1. The maximum atomic E-state index is 2.91. The minimum Gasteiger partial charge on any atom is -0.294 e. The van der Waals surface area contributed by atoms with Crippen LogP contribution < -0.4 is 0 Å². The van der Waals surface area contributed by atoms with Gasteiger partial charge in [0.2, 0.25) is 0 Å². The third kappa shape index (κ3) is 1.24. The zero-order valence-electron chi connectivity index (χ0n) is 8.71. The fourth-order valence-corrected chi connectivity index (χ4v) is 4.11. The Bertz CT molecular complexity index is 201. The van der Waals surface area contributed by atoms with Gasteiger partial charge in [-0.2, -0.15) is 0 Å². The van der Waals surface area contributed by atoms with E-state index in [1.54, 1.807) is 0 Å². The van der Waals surface area contributed by atoms with E-state index in [1.807, 2.05) is 0 Å². The van der Waals surface area contributed by atoms with E-state index in [9.17, 15) is 0 Å². The van der Waals surface area contributed by atoms with E-state index in [0.717, 1.165) is 24.0 Å². The van der Waals surface area contributed by atoms with Crippen molar-refractivity contribution in [3.8, 4) is 0 Å². The molecule has 0 bridgehead atoms. The molecule has 74 valence electrons. The summed E-state index contributed by atoms with van der Waals surface area (Å²) in [7, 11) is 0. The van der Waals surface area contributed by atoms with Crippen molar-refractivity contribution < 1.29 is 0 Å². The van der Waals surface area contributed by atoms with Gasteiger partial charge in [0.1, 0.15) is 0 Å². The summed E-state index contributed by atoms with van der Waals surface area (Å²) in [6, 6.07) is 2.96. The van der Waals surface area contributed by atoms with Gasteiger partial charge in [-0.15, -0.1) is 0 Å². The van der Waals surface area contributed by atoms with Crippen LogP contribution in [0.2, 0.25) is 0 Å². The molecule has 0 saturated carbocycles. The van der Waals surface area contributed by atoms with Crippen molar-refractivity contribution in [2.75, 3.05) is 0 Å². The Morgan fingerprint density at radius 3 is 2.31 bits per heavy atom. The highest BCUT2D eigenvalue weighted by Crippen LogP contribution is 2.43. The molecule has 4 atom stereocenters. The molecule has 0 amide bonds. The van der Waals surface area contributed by atoms with Crippen molar-refractivity contribution in [2.45, 2.75) is 70.0 Å². The fourth-order valence-electron chi connectivity index (χ4n) is 4.11. The van der Waals surface area contributed by atoms with Gasteiger partial charge >= 0.3 is 0 Å². The van der Waals surface area contributed by atoms with Gasteiger partial charge in [-0.05, 0) is 44.4 Å². The first-order chi connectivity index (χ1) is 6.34. The van der Waals surface area contributed by atoms with E-state index in [2.05, 4.69) is 11.8 Å². The summed E-state index contributed by atoms with van der Waals surface area (Å²) < 4.78 is 0. The van der Waals surface area contributed by atoms with Crippen LogP contribution in [-0.2, 0) is 0 Å². The molecule has 13 heavy (non-hydrogen) atoms. The lowest BCUT2D eigenvalue weighted by Crippen LogP contribution is -2.51. The van der Waals surface area contributed by atoms with Crippen LogP contribution in [0.15, 0.2) is 0 Å². The summed E-state index contributed by atoms with van der Waals surface area (Å²) in [5.74, 6) is 1.00. The van der Waals surface area contributed by atoms with Crippen LogP contribution in [0.3, 0.4) is 0 Å². The quantitative estimate of drug-likeness (QED) is 0.552. The third-order valence-corrected chi connectivity index (χ3v) is 4.52. The summed E-state index contributed by atoms with van der Waals surface area (Å²) in [5, 5.41) is 0. The predicted octanol–water partition coefficient (Wildman–Crippen LogP) is 2.80. The molecule has 0 aromatic rings. The molecule has 1 heteroatoms. The molecule has 3 aliphatic rings. The molecule has 0 aliphatic carbocycles. The molecule has 3 saturated heterocycles. The van der Waals surface area contributed by atoms with Crippen LogP contribution in [0, 0.1) is 5.92 Å². The highest BCUT2D eigenvalue weighted by molar-refractivity contribution is 4.98. The summed E-state index contributed by atoms with van der Waals surface area (Å²) in [6.45, 7) is 2.46. The Morgan fingerprint density at radius 1 is 0.846 bits per heavy atom. The van der Waals surface area contributed by atoms with Crippen molar-refractivity contribution >= 4 is 0 Å². The maximum Gasteiger partial charge on any atom is 0.0104 e. The summed E-state index contributed by atoms with van der Waals surface area (Å²) in [6.07, 6.45) is 10.5. The van der Waals surface area contributed by atoms with Gasteiger partial charge in [-0.1, -0.05) is 13.3 Å². The smallest absolute Gasteiger partial charge is 0.0104 e. The molecule has 1 nitrogen and oxygen atoms in total. The molecule has 3 rings (SSSR count). The topological polar surface area (TPSA) is 3.24 Å². The van der Waals surface area contributed by atoms with Crippen molar-refractivity contribution in [3.63, 3.8) is 0 Å². The lowest BCUT2D eigenvalue weighted by atomic mass is 9.83. The highest BCUT2D eigenvalue weighted by Gasteiger charge is 2.43. The first kappa shape index (κ1) is 8.28. The van der Waals surface area contributed by atoms with E-state index < -0.39 is 0 Å². The Hall–Kier alpha value is -0.0400. The van der Waals surface area contributed by atoms with Crippen molar-refractivity contribution in [2.24, 2.45) is 5.92 Å². The van der Waals surface area contributed by atoms with Crippen molar-refractivity contribution in [3.05, 3.63) is 0 Å². The fraction of sp³-hybridized carbons (Fsp3) is 1.00. The Labute approximate surface area is 81.5 Å². The Morgan fingerprint density at radius 2 is 1.46 bits per heavy atom. The zero-order chi connectivity index (χ0) is 8.84. The molecule has 4 unspecified atom stereocenters. The Kier molecular flexibility index (Phi) is 1.90. The van der Waals surface area contributed by atoms with Gasteiger partial charge < -0.3 is 0 Å². The molecule has 3 fully saturated rings. The molecule has 0 aromatic carbocycles. The SMILES string of the molecule is CC1CC2CCCC3CCC(C1)N32. The van der Waals surface area contributed by atoms with Crippen LogP contribution in [-0.4, -0.2) is 23.0 Å². The van der Waals surface area contributed by atoms with Crippen LogP contribution >= 0.6 is 0 Å². The molecular formula is C12H21N. The minimum absolute atomic E-state index is 0.981. The first-order valence-electron chi connectivity index (χ1n) is 6.12. The largest absolute Gasteiger partial charge is 0.294 e. The minimum atomic E-state index is 0.981. The van der Waals surface area contributed by atoms with Crippen LogP contribution in [0.1, 0.15) is 51.9 Å². The monoisotopic (exact) mass is 179 g/mol. The molecule has 0 N–H and O–H groups in total. The predicted molar refractivity (Wildman–Crippen MR) is 54.7 cm³/mol. The van der Waals surface area contributed by atoms with E-state index >= 15 is 0 Å². The normalized spacial score (nSPS) is 50.5. The van der Waals surface area contributed by atoms with Crippen LogP contribution in [0.5, 0.6) is 0 Å². The number of hydrogen-bond donors (Lipinski definition) is 0. The standard InChI is InChI=1S/C12H21N/c1-9-7-11-4-2-3-10-5-6-12(8-9)13(10)11/h9-12H,2-8H2,1H3. The lowest BCUT2D eigenvalue weighted by Gasteiger charge is -2.46. The second-order valence-electron chi connectivity index (χ2n) is 5.49. The van der Waals surface area contributed by atoms with E-state index in [4.69, 9.17) is 0 Å². The first-order valence-corrected chi connectivity index (χ1v) is 6.12. The van der Waals surface area contributed by atoms with Gasteiger partial charge in [0.15, 0.2) is 0 Å². The van der Waals surface area contributed by atoms with E-state index in [1.165, 1.54) is 44.9 Å². The molecule has 0 radical (unpaired) electrons. The molecular weight excluding hydrogens is 158 g/mol. The lowest BCUT2D eigenvalue weighted by molar-refractivity contribution is 0.0251. The summed E-state index contributed by atoms with van der Waals surface area (Å²) in [5.41, 5.74) is 0. The Balaban J connectivity index is 1.83. The summed E-state index contributed by atoms with van der Waals surface area (Å²) >= 11 is 0. The van der Waals surface area contributed by atoms with Crippen LogP contribution in [0.4, 0.5) is 0 Å². The molecule has 3 aliphatic heterocycles. The third-order valence-electron chi connectivity index (χ3n) is 4.52. The van der Waals surface area contributed by atoms with Crippen LogP contribution in [0.25, 0.3) is 0 Å². The summed E-state index contributed by atoms with van der Waals surface area (Å²) in [4.78, 5) is 2.91. The average Bonchev–Trinajstić information content (AvgIpc) is 2.50. The van der Waals surface area contributed by atoms with Gasteiger partial charge in [-0.25, -0.2) is 0 Å². The second-order valence-corrected chi connectivity index (χ2v) is 5.49. The molecule has 0 spiro atoms. The van der Waals surface area contributed by atoms with Gasteiger partial charge in [0, 0.05) is 18.1 Å². The van der Waals surface area contributed by atoms with E-state index in [-0.39, 0.29) is 0 Å². The molecule has 3 heterocycles. The number of piperidine rings is 2. The van der Waals surface area contributed by atoms with Crippen molar-refractivity contribution in [1.82, 2.24) is 4.90 Å². The van der Waals surface area contributed by atoms with Gasteiger partial charge in [-0.3, -0.25) is 4.90 Å². The maximum absolute atomic E-state index is 2.91. The number of rotatable bonds is 0. The highest BCUT2D eigenvalue weighted by atomic mass is 15.3. The van der Waals surface area contributed by atoms with E-state index in [0.29, 0.717) is 0 Å². The molecule has 0 aromatic heterocycles. The average molecular weight is 179 g/mol. The van der Waals surface area contributed by atoms with Crippen molar-refractivity contribution in [1.29, 1.82) is 0 Å². The number of nitrogens with zero attached hydrogens (tertiary/aromatic N) is 1. The van der Waals surface area contributed by atoms with Gasteiger partial charge in [0.05, 0.1) is 0 Å². The van der Waals surface area contributed by atoms with Gasteiger partial charge in [0.25, 0.3) is 0 Å².